The number of aryl methyl sites for hydroxylation is 1. The van der Waals surface area contributed by atoms with Crippen molar-refractivity contribution in [2.45, 2.75) is 26.3 Å². The molecule has 3 amide bonds. The first-order chi connectivity index (χ1) is 13.1. The van der Waals surface area contributed by atoms with Gasteiger partial charge in [0, 0.05) is 49.0 Å². The number of nitrogens with zero attached hydrogens (tertiary/aromatic N) is 2. The van der Waals surface area contributed by atoms with E-state index in [-0.39, 0.29) is 23.3 Å². The maximum absolute atomic E-state index is 12.5. The molecule has 1 aliphatic heterocycles. The van der Waals surface area contributed by atoms with Crippen LogP contribution in [0.25, 0.3) is 0 Å². The SMILES string of the molecule is Cc1cccc(NC(=O)N2CC[C@]3(C[C@H]3C(=O)NCc3ccncc3)C2)c1. The summed E-state index contributed by atoms with van der Waals surface area (Å²) in [7, 11) is 0. The van der Waals surface area contributed by atoms with E-state index < -0.39 is 0 Å². The number of hydrogen-bond acceptors (Lipinski definition) is 3. The largest absolute Gasteiger partial charge is 0.352 e. The predicted octanol–water partition coefficient (Wildman–Crippen LogP) is 2.95. The van der Waals surface area contributed by atoms with Crippen LogP contribution in [0.1, 0.15) is 24.0 Å². The molecule has 1 aromatic heterocycles. The molecule has 6 heteroatoms. The predicted molar refractivity (Wildman–Crippen MR) is 103 cm³/mol. The number of aromatic nitrogens is 1. The van der Waals surface area contributed by atoms with Crippen molar-refractivity contribution in [2.75, 3.05) is 18.4 Å². The second-order valence-electron chi connectivity index (χ2n) is 7.66. The molecule has 1 saturated heterocycles. The van der Waals surface area contributed by atoms with Gasteiger partial charge in [-0.05, 0) is 55.2 Å². The third-order valence-corrected chi connectivity index (χ3v) is 5.66. The van der Waals surface area contributed by atoms with Gasteiger partial charge in [-0.15, -0.1) is 0 Å². The lowest BCUT2D eigenvalue weighted by atomic mass is 10.0. The van der Waals surface area contributed by atoms with Gasteiger partial charge in [0.2, 0.25) is 5.91 Å². The summed E-state index contributed by atoms with van der Waals surface area (Å²) in [5, 5.41) is 5.98. The molecule has 4 rings (SSSR count). The van der Waals surface area contributed by atoms with Gasteiger partial charge in [-0.2, -0.15) is 0 Å². The molecule has 2 heterocycles. The Balaban J connectivity index is 1.29. The fraction of sp³-hybridized carbons (Fsp3) is 0.381. The first kappa shape index (κ1) is 17.5. The molecule has 1 spiro atoms. The highest BCUT2D eigenvalue weighted by atomic mass is 16.2. The number of pyridine rings is 1. The van der Waals surface area contributed by atoms with Crippen molar-refractivity contribution in [3.05, 3.63) is 59.9 Å². The highest BCUT2D eigenvalue weighted by Crippen LogP contribution is 2.58. The van der Waals surface area contributed by atoms with Crippen LogP contribution in [0.5, 0.6) is 0 Å². The van der Waals surface area contributed by atoms with Gasteiger partial charge < -0.3 is 15.5 Å². The quantitative estimate of drug-likeness (QED) is 0.876. The van der Waals surface area contributed by atoms with Crippen molar-refractivity contribution in [3.8, 4) is 0 Å². The topological polar surface area (TPSA) is 74.3 Å². The lowest BCUT2D eigenvalue weighted by molar-refractivity contribution is -0.123. The Morgan fingerprint density at radius 1 is 1.26 bits per heavy atom. The van der Waals surface area contributed by atoms with Crippen LogP contribution in [0.4, 0.5) is 10.5 Å². The summed E-state index contributed by atoms with van der Waals surface area (Å²) in [4.78, 5) is 30.8. The van der Waals surface area contributed by atoms with Crippen LogP contribution in [0.2, 0.25) is 0 Å². The molecule has 1 saturated carbocycles. The van der Waals surface area contributed by atoms with E-state index in [1.54, 1.807) is 12.4 Å². The Morgan fingerprint density at radius 3 is 2.85 bits per heavy atom. The van der Waals surface area contributed by atoms with E-state index >= 15 is 0 Å². The van der Waals surface area contributed by atoms with Gasteiger partial charge in [-0.25, -0.2) is 4.79 Å². The standard InChI is InChI=1S/C21H24N4O2/c1-15-3-2-4-17(11-15)24-20(27)25-10-7-21(14-25)12-18(21)19(26)23-13-16-5-8-22-9-6-16/h2-6,8-9,11,18H,7,10,12-14H2,1H3,(H,23,26)(H,24,27)/t18-,21-/m0/s1. The van der Waals surface area contributed by atoms with Crippen LogP contribution in [-0.2, 0) is 11.3 Å². The molecular weight excluding hydrogens is 340 g/mol. The second-order valence-corrected chi connectivity index (χ2v) is 7.66. The van der Waals surface area contributed by atoms with E-state index in [0.717, 1.165) is 29.7 Å². The number of rotatable bonds is 4. The summed E-state index contributed by atoms with van der Waals surface area (Å²) in [6.45, 7) is 3.87. The van der Waals surface area contributed by atoms with Crippen LogP contribution in [0, 0.1) is 18.3 Å². The smallest absolute Gasteiger partial charge is 0.321 e. The first-order valence-electron chi connectivity index (χ1n) is 9.35. The van der Waals surface area contributed by atoms with Gasteiger partial charge in [0.15, 0.2) is 0 Å². The summed E-state index contributed by atoms with van der Waals surface area (Å²) in [5.74, 6) is 0.101. The molecular formula is C21H24N4O2. The maximum Gasteiger partial charge on any atom is 0.321 e. The zero-order chi connectivity index (χ0) is 18.9. The zero-order valence-electron chi connectivity index (χ0n) is 15.4. The number of carbonyl (C=O) groups excluding carboxylic acids is 2. The third kappa shape index (κ3) is 3.79. The van der Waals surface area contributed by atoms with Crippen LogP contribution in [0.3, 0.4) is 0 Å². The molecule has 2 N–H and O–H groups in total. The Kier molecular flexibility index (Phi) is 4.56. The first-order valence-corrected chi connectivity index (χ1v) is 9.35. The minimum absolute atomic E-state index is 0.0103. The van der Waals surface area contributed by atoms with Crippen molar-refractivity contribution in [1.82, 2.24) is 15.2 Å². The molecule has 1 aliphatic carbocycles. The molecule has 6 nitrogen and oxygen atoms in total. The summed E-state index contributed by atoms with van der Waals surface area (Å²) in [5.41, 5.74) is 2.92. The average molecular weight is 364 g/mol. The van der Waals surface area contributed by atoms with Gasteiger partial charge in [0.1, 0.15) is 0 Å². The normalized spacial score (nSPS) is 23.3. The Bertz CT molecular complexity index is 854. The van der Waals surface area contributed by atoms with Gasteiger partial charge in [-0.1, -0.05) is 12.1 Å². The van der Waals surface area contributed by atoms with E-state index in [9.17, 15) is 9.59 Å². The minimum atomic E-state index is -0.0830. The molecule has 2 fully saturated rings. The third-order valence-electron chi connectivity index (χ3n) is 5.66. The van der Waals surface area contributed by atoms with E-state index in [0.29, 0.717) is 19.6 Å². The monoisotopic (exact) mass is 364 g/mol. The molecule has 1 aromatic carbocycles. The van der Waals surface area contributed by atoms with Gasteiger partial charge in [0.25, 0.3) is 0 Å². The lowest BCUT2D eigenvalue weighted by Gasteiger charge is -2.18. The van der Waals surface area contributed by atoms with Crippen LogP contribution >= 0.6 is 0 Å². The molecule has 2 aliphatic rings. The Morgan fingerprint density at radius 2 is 2.07 bits per heavy atom. The van der Waals surface area contributed by atoms with E-state index in [1.807, 2.05) is 48.2 Å². The fourth-order valence-corrected chi connectivity index (χ4v) is 3.98. The number of nitrogens with one attached hydrogen (secondary N) is 2. The molecule has 0 bridgehead atoms. The number of amides is 3. The molecule has 0 unspecified atom stereocenters. The van der Waals surface area contributed by atoms with E-state index in [2.05, 4.69) is 15.6 Å². The van der Waals surface area contributed by atoms with Crippen LogP contribution in [0.15, 0.2) is 48.8 Å². The molecule has 27 heavy (non-hydrogen) atoms. The summed E-state index contributed by atoms with van der Waals surface area (Å²) in [6, 6.07) is 11.5. The highest BCUT2D eigenvalue weighted by molar-refractivity contribution is 5.90. The summed E-state index contributed by atoms with van der Waals surface area (Å²) in [6.07, 6.45) is 5.20. The van der Waals surface area contributed by atoms with Crippen molar-refractivity contribution >= 4 is 17.6 Å². The minimum Gasteiger partial charge on any atom is -0.352 e. The summed E-state index contributed by atoms with van der Waals surface area (Å²) < 4.78 is 0. The van der Waals surface area contributed by atoms with E-state index in [4.69, 9.17) is 0 Å². The number of carbonyl (C=O) groups is 2. The summed E-state index contributed by atoms with van der Waals surface area (Å²) >= 11 is 0. The van der Waals surface area contributed by atoms with Gasteiger partial charge in [-0.3, -0.25) is 9.78 Å². The Hall–Kier alpha value is -2.89. The fourth-order valence-electron chi connectivity index (χ4n) is 3.98. The van der Waals surface area contributed by atoms with E-state index in [1.165, 1.54) is 0 Å². The van der Waals surface area contributed by atoms with Crippen LogP contribution < -0.4 is 10.6 Å². The Labute approximate surface area is 159 Å². The van der Waals surface area contributed by atoms with Crippen LogP contribution in [-0.4, -0.2) is 34.9 Å². The number of likely N-dealkylation sites (tertiary alicyclic amines) is 1. The second kappa shape index (κ2) is 7.02. The number of anilines is 1. The van der Waals surface area contributed by atoms with Crippen molar-refractivity contribution in [2.24, 2.45) is 11.3 Å². The zero-order valence-corrected chi connectivity index (χ0v) is 15.4. The van der Waals surface area contributed by atoms with Crippen molar-refractivity contribution in [1.29, 1.82) is 0 Å². The maximum atomic E-state index is 12.5. The van der Waals surface area contributed by atoms with Crippen molar-refractivity contribution in [3.63, 3.8) is 0 Å². The number of hydrogen-bond donors (Lipinski definition) is 2. The molecule has 2 atom stereocenters. The average Bonchev–Trinajstić information content (AvgIpc) is 3.20. The van der Waals surface area contributed by atoms with Gasteiger partial charge in [0.05, 0.1) is 0 Å². The molecule has 140 valence electrons. The lowest BCUT2D eigenvalue weighted by Crippen LogP contribution is -2.34. The molecule has 0 radical (unpaired) electrons. The molecule has 2 aromatic rings. The number of benzene rings is 1. The number of urea groups is 1. The van der Waals surface area contributed by atoms with Crippen molar-refractivity contribution < 1.29 is 9.59 Å². The van der Waals surface area contributed by atoms with Gasteiger partial charge >= 0.3 is 6.03 Å². The highest BCUT2D eigenvalue weighted by Gasteiger charge is 2.61.